The van der Waals surface area contributed by atoms with Crippen molar-refractivity contribution in [2.75, 3.05) is 49.7 Å². The molecule has 1 spiro atoms. The number of benzene rings is 2. The number of rotatable bonds is 6. The van der Waals surface area contributed by atoms with E-state index < -0.39 is 11.4 Å². The van der Waals surface area contributed by atoms with Gasteiger partial charge in [0.25, 0.3) is 5.91 Å². The summed E-state index contributed by atoms with van der Waals surface area (Å²) in [5, 5.41) is 5.64. The van der Waals surface area contributed by atoms with Gasteiger partial charge >= 0.3 is 6.03 Å². The van der Waals surface area contributed by atoms with Crippen LogP contribution >= 0.6 is 0 Å². The van der Waals surface area contributed by atoms with Gasteiger partial charge in [-0.2, -0.15) is 0 Å². The largest absolute Gasteiger partial charge is 0.376 e. The molecule has 1 atom stereocenters. The third-order valence-electron chi connectivity index (χ3n) is 7.42. The lowest BCUT2D eigenvalue weighted by molar-refractivity contribution is -0.137. The fourth-order valence-electron chi connectivity index (χ4n) is 5.43. The summed E-state index contributed by atoms with van der Waals surface area (Å²) in [5.74, 6) is -0.736. The number of piperidine rings is 1. The van der Waals surface area contributed by atoms with Gasteiger partial charge in [-0.25, -0.2) is 9.18 Å². The third kappa shape index (κ3) is 5.39. The van der Waals surface area contributed by atoms with E-state index in [0.29, 0.717) is 44.8 Å². The molecule has 10 heteroatoms. The number of hydrogen-bond acceptors (Lipinski definition) is 5. The molecule has 3 saturated heterocycles. The maximum Gasteiger partial charge on any atom is 0.321 e. The number of nitrogens with zero attached hydrogens (tertiary/aromatic N) is 3. The van der Waals surface area contributed by atoms with Crippen LogP contribution in [0.2, 0.25) is 0 Å². The summed E-state index contributed by atoms with van der Waals surface area (Å²) in [4.78, 5) is 44.6. The monoisotopic (exact) mass is 509 g/mol. The van der Waals surface area contributed by atoms with E-state index in [-0.39, 0.29) is 30.5 Å². The van der Waals surface area contributed by atoms with Crippen LogP contribution in [0.4, 0.5) is 20.6 Å². The molecule has 3 fully saturated rings. The highest BCUT2D eigenvalue weighted by Gasteiger charge is 2.54. The second kappa shape index (κ2) is 10.8. The van der Waals surface area contributed by atoms with Crippen molar-refractivity contribution < 1.29 is 23.5 Å². The Morgan fingerprint density at radius 1 is 1.08 bits per heavy atom. The van der Waals surface area contributed by atoms with Crippen molar-refractivity contribution in [1.29, 1.82) is 0 Å². The minimum absolute atomic E-state index is 0.0274. The number of hydrogen-bond donors (Lipinski definition) is 2. The molecular formula is C27H32FN5O4. The first-order chi connectivity index (χ1) is 17.9. The third-order valence-corrected chi connectivity index (χ3v) is 7.42. The molecule has 3 aliphatic rings. The molecule has 196 valence electrons. The summed E-state index contributed by atoms with van der Waals surface area (Å²) in [6, 6.07) is 15.1. The van der Waals surface area contributed by atoms with Crippen molar-refractivity contribution >= 4 is 29.2 Å². The van der Waals surface area contributed by atoms with Crippen LogP contribution in [0.25, 0.3) is 0 Å². The second-order valence-corrected chi connectivity index (χ2v) is 9.81. The van der Waals surface area contributed by atoms with Crippen LogP contribution < -0.4 is 15.5 Å². The minimum atomic E-state index is -0.841. The van der Waals surface area contributed by atoms with E-state index in [1.165, 1.54) is 18.2 Å². The molecule has 2 N–H and O–H groups in total. The number of nitrogens with one attached hydrogen (secondary N) is 2. The van der Waals surface area contributed by atoms with Gasteiger partial charge in [-0.05, 0) is 56.0 Å². The molecule has 4 amide bonds. The molecule has 2 aromatic rings. The number of amides is 4. The molecule has 9 nitrogen and oxygen atoms in total. The maximum absolute atomic E-state index is 13.8. The molecule has 0 radical (unpaired) electrons. The van der Waals surface area contributed by atoms with E-state index in [9.17, 15) is 18.8 Å². The second-order valence-electron chi connectivity index (χ2n) is 9.81. The van der Waals surface area contributed by atoms with Gasteiger partial charge in [0.15, 0.2) is 0 Å². The van der Waals surface area contributed by atoms with E-state index in [1.807, 2.05) is 30.3 Å². The van der Waals surface area contributed by atoms with Crippen LogP contribution in [0.1, 0.15) is 25.7 Å². The molecule has 0 saturated carbocycles. The average Bonchev–Trinajstić information content (AvgIpc) is 3.52. The number of likely N-dealkylation sites (tertiary alicyclic amines) is 1. The highest BCUT2D eigenvalue weighted by atomic mass is 19.1. The first-order valence-corrected chi connectivity index (χ1v) is 12.8. The van der Waals surface area contributed by atoms with Crippen molar-refractivity contribution in [3.63, 3.8) is 0 Å². The van der Waals surface area contributed by atoms with Crippen molar-refractivity contribution in [2.45, 2.75) is 37.3 Å². The van der Waals surface area contributed by atoms with Crippen LogP contribution in [0, 0.1) is 5.82 Å². The van der Waals surface area contributed by atoms with Gasteiger partial charge in [0.1, 0.15) is 17.9 Å². The number of urea groups is 1. The van der Waals surface area contributed by atoms with Crippen LogP contribution in [0.5, 0.6) is 0 Å². The number of para-hydroxylation sites is 1. The molecular weight excluding hydrogens is 477 g/mol. The summed E-state index contributed by atoms with van der Waals surface area (Å²) in [6.45, 7) is 2.15. The molecule has 5 rings (SSSR count). The summed E-state index contributed by atoms with van der Waals surface area (Å²) in [6.07, 6.45) is 2.80. The van der Waals surface area contributed by atoms with Crippen molar-refractivity contribution in [2.24, 2.45) is 0 Å². The Hall–Kier alpha value is -3.66. The van der Waals surface area contributed by atoms with Gasteiger partial charge in [0.2, 0.25) is 5.91 Å². The SMILES string of the molecule is O=C(CN1CN(c2ccccc2)C2(CCN(C(=O)Nc3cccc(F)c3)CC2)C1=O)NCC1CCCO1. The van der Waals surface area contributed by atoms with Gasteiger partial charge in [0, 0.05) is 37.6 Å². The Morgan fingerprint density at radius 3 is 2.57 bits per heavy atom. The van der Waals surface area contributed by atoms with Crippen molar-refractivity contribution in [1.82, 2.24) is 15.1 Å². The van der Waals surface area contributed by atoms with Gasteiger partial charge in [0.05, 0.1) is 12.8 Å². The van der Waals surface area contributed by atoms with Gasteiger partial charge < -0.3 is 30.1 Å². The Balaban J connectivity index is 1.26. The smallest absolute Gasteiger partial charge is 0.321 e. The van der Waals surface area contributed by atoms with Crippen LogP contribution in [0.3, 0.4) is 0 Å². The molecule has 0 aromatic heterocycles. The zero-order valence-corrected chi connectivity index (χ0v) is 20.7. The normalized spacial score (nSPS) is 20.9. The Labute approximate surface area is 215 Å². The summed E-state index contributed by atoms with van der Waals surface area (Å²) in [7, 11) is 0. The quantitative estimate of drug-likeness (QED) is 0.625. The summed E-state index contributed by atoms with van der Waals surface area (Å²) >= 11 is 0. The lowest BCUT2D eigenvalue weighted by Gasteiger charge is -2.43. The highest BCUT2D eigenvalue weighted by Crippen LogP contribution is 2.39. The number of halogens is 1. The van der Waals surface area contributed by atoms with E-state index in [0.717, 1.165) is 25.1 Å². The standard InChI is InChI=1S/C27H32FN5O4/c28-20-6-4-7-21(16-20)30-26(36)31-13-11-27(12-14-31)25(35)32(19-33(27)22-8-2-1-3-9-22)18-24(34)29-17-23-10-5-15-37-23/h1-4,6-9,16,23H,5,10-15,17-19H2,(H,29,34)(H,30,36). The van der Waals surface area contributed by atoms with Crippen LogP contribution in [0.15, 0.2) is 54.6 Å². The maximum atomic E-state index is 13.8. The first kappa shape index (κ1) is 25.0. The van der Waals surface area contributed by atoms with E-state index >= 15 is 0 Å². The number of carbonyl (C=O) groups is 3. The summed E-state index contributed by atoms with van der Waals surface area (Å²) in [5.41, 5.74) is 0.440. The van der Waals surface area contributed by atoms with E-state index in [1.54, 1.807) is 15.9 Å². The lowest BCUT2D eigenvalue weighted by Crippen LogP contribution is -2.58. The topological polar surface area (TPSA) is 94.2 Å². The van der Waals surface area contributed by atoms with Crippen LogP contribution in [-0.4, -0.2) is 78.7 Å². The Bertz CT molecular complexity index is 1130. The molecule has 0 aliphatic carbocycles. The molecule has 0 bridgehead atoms. The number of carbonyl (C=O) groups excluding carboxylic acids is 3. The van der Waals surface area contributed by atoms with Gasteiger partial charge in [-0.3, -0.25) is 9.59 Å². The predicted octanol–water partition coefficient (Wildman–Crippen LogP) is 2.79. The first-order valence-electron chi connectivity index (χ1n) is 12.8. The van der Waals surface area contributed by atoms with Crippen molar-refractivity contribution in [3.05, 3.63) is 60.4 Å². The Kier molecular flexibility index (Phi) is 7.27. The fraction of sp³-hybridized carbons (Fsp3) is 0.444. The average molecular weight is 510 g/mol. The van der Waals surface area contributed by atoms with Crippen LogP contribution in [-0.2, 0) is 14.3 Å². The predicted molar refractivity (Wildman–Crippen MR) is 136 cm³/mol. The fourth-order valence-corrected chi connectivity index (χ4v) is 5.43. The number of anilines is 2. The van der Waals surface area contributed by atoms with E-state index in [2.05, 4.69) is 15.5 Å². The summed E-state index contributed by atoms with van der Waals surface area (Å²) < 4.78 is 19.1. The highest BCUT2D eigenvalue weighted by molar-refractivity contribution is 5.97. The zero-order valence-electron chi connectivity index (χ0n) is 20.7. The molecule has 37 heavy (non-hydrogen) atoms. The number of ether oxygens (including phenoxy) is 1. The van der Waals surface area contributed by atoms with Crippen molar-refractivity contribution in [3.8, 4) is 0 Å². The molecule has 2 aromatic carbocycles. The molecule has 1 unspecified atom stereocenters. The molecule has 3 heterocycles. The zero-order chi connectivity index (χ0) is 25.8. The minimum Gasteiger partial charge on any atom is -0.376 e. The van der Waals surface area contributed by atoms with Gasteiger partial charge in [-0.15, -0.1) is 0 Å². The van der Waals surface area contributed by atoms with Gasteiger partial charge in [-0.1, -0.05) is 24.3 Å². The lowest BCUT2D eigenvalue weighted by atomic mass is 9.85. The Morgan fingerprint density at radius 2 is 1.86 bits per heavy atom. The molecule has 3 aliphatic heterocycles. The van der Waals surface area contributed by atoms with E-state index in [4.69, 9.17) is 4.74 Å².